The molecule has 1 saturated carbocycles. The van der Waals surface area contributed by atoms with Crippen LogP contribution in [0.15, 0.2) is 23.3 Å². The van der Waals surface area contributed by atoms with E-state index in [4.69, 9.17) is 0 Å². The number of unbranched alkanes of at least 4 members (excludes halogenated alkanes) is 1. The van der Waals surface area contributed by atoms with Crippen LogP contribution in [0.5, 0.6) is 0 Å². The molecule has 3 aliphatic rings. The third kappa shape index (κ3) is 3.49. The van der Waals surface area contributed by atoms with Gasteiger partial charge in [-0.2, -0.15) is 0 Å². The molecule has 27 heavy (non-hydrogen) atoms. The number of ketones is 1. The molecule has 0 spiro atoms. The third-order valence-electron chi connectivity index (χ3n) is 9.17. The first-order chi connectivity index (χ1) is 12.8. The molecule has 0 aromatic carbocycles. The van der Waals surface area contributed by atoms with Crippen molar-refractivity contribution in [1.82, 2.24) is 0 Å². The van der Waals surface area contributed by atoms with Crippen LogP contribution >= 0.6 is 0 Å². The van der Waals surface area contributed by atoms with Gasteiger partial charge in [-0.05, 0) is 72.7 Å². The molecule has 0 aromatic heterocycles. The Morgan fingerprint density at radius 1 is 1.19 bits per heavy atom. The van der Waals surface area contributed by atoms with Gasteiger partial charge in [0.2, 0.25) is 0 Å². The Kier molecular flexibility index (Phi) is 6.09. The lowest BCUT2D eigenvalue weighted by molar-refractivity contribution is -0.116. The van der Waals surface area contributed by atoms with Crippen molar-refractivity contribution in [1.29, 1.82) is 0 Å². The second-order valence-electron chi connectivity index (χ2n) is 10.4. The Hall–Kier alpha value is -0.850. The molecule has 6 atom stereocenters. The van der Waals surface area contributed by atoms with E-state index in [0.29, 0.717) is 23.0 Å². The van der Waals surface area contributed by atoms with Crippen LogP contribution in [0.4, 0.5) is 0 Å². The van der Waals surface area contributed by atoms with Gasteiger partial charge in [0.1, 0.15) is 0 Å². The van der Waals surface area contributed by atoms with Crippen molar-refractivity contribution in [2.75, 3.05) is 0 Å². The second kappa shape index (κ2) is 7.88. The second-order valence-corrected chi connectivity index (χ2v) is 10.4. The molecule has 6 unspecified atom stereocenters. The normalized spacial score (nSPS) is 38.4. The predicted octanol–water partition coefficient (Wildman–Crippen LogP) is 7.52. The zero-order valence-corrected chi connectivity index (χ0v) is 18.7. The lowest BCUT2D eigenvalue weighted by Gasteiger charge is -2.57. The molecule has 3 aliphatic carbocycles. The highest BCUT2D eigenvalue weighted by Crippen LogP contribution is 2.62. The number of rotatable bonds is 6. The summed E-state index contributed by atoms with van der Waals surface area (Å²) in [6, 6.07) is 0. The van der Waals surface area contributed by atoms with E-state index < -0.39 is 0 Å². The summed E-state index contributed by atoms with van der Waals surface area (Å²) in [6.45, 7) is 14.8. The smallest absolute Gasteiger partial charge is 0.155 e. The number of hydrogen-bond donors (Lipinski definition) is 0. The van der Waals surface area contributed by atoms with Crippen LogP contribution in [0, 0.1) is 34.5 Å². The van der Waals surface area contributed by atoms with Gasteiger partial charge in [-0.3, -0.25) is 4.79 Å². The molecule has 0 aromatic rings. The quantitative estimate of drug-likeness (QED) is 0.442. The summed E-state index contributed by atoms with van der Waals surface area (Å²) in [4.78, 5) is 12.0. The van der Waals surface area contributed by atoms with Crippen molar-refractivity contribution in [3.8, 4) is 0 Å². The summed E-state index contributed by atoms with van der Waals surface area (Å²) in [5.41, 5.74) is 3.85. The first kappa shape index (κ1) is 20.9. The molecule has 1 fully saturated rings. The fraction of sp³-hybridized carbons (Fsp3) is 0.808. The van der Waals surface area contributed by atoms with E-state index in [1.165, 1.54) is 44.1 Å². The van der Waals surface area contributed by atoms with Crippen LogP contribution in [-0.2, 0) is 4.79 Å². The van der Waals surface area contributed by atoms with Gasteiger partial charge in [0.15, 0.2) is 5.78 Å². The summed E-state index contributed by atoms with van der Waals surface area (Å²) in [7, 11) is 0. The van der Waals surface area contributed by atoms with Crippen molar-refractivity contribution in [2.45, 2.75) is 99.3 Å². The van der Waals surface area contributed by atoms with E-state index >= 15 is 0 Å². The minimum absolute atomic E-state index is 0.240. The Morgan fingerprint density at radius 2 is 1.93 bits per heavy atom. The van der Waals surface area contributed by atoms with Gasteiger partial charge in [0.25, 0.3) is 0 Å². The topological polar surface area (TPSA) is 17.1 Å². The van der Waals surface area contributed by atoms with Gasteiger partial charge in [0.05, 0.1) is 0 Å². The Morgan fingerprint density at radius 3 is 2.59 bits per heavy atom. The molecule has 0 N–H and O–H groups in total. The van der Waals surface area contributed by atoms with Gasteiger partial charge in [0, 0.05) is 6.42 Å². The van der Waals surface area contributed by atoms with Crippen LogP contribution < -0.4 is 0 Å². The van der Waals surface area contributed by atoms with Crippen LogP contribution in [-0.4, -0.2) is 5.78 Å². The zero-order valence-electron chi connectivity index (χ0n) is 18.7. The summed E-state index contributed by atoms with van der Waals surface area (Å²) >= 11 is 0. The molecule has 0 heterocycles. The van der Waals surface area contributed by atoms with Gasteiger partial charge in [-0.1, -0.05) is 78.0 Å². The molecule has 0 aliphatic heterocycles. The van der Waals surface area contributed by atoms with Gasteiger partial charge >= 0.3 is 0 Å². The van der Waals surface area contributed by atoms with Crippen LogP contribution in [0.1, 0.15) is 99.3 Å². The highest BCUT2D eigenvalue weighted by Gasteiger charge is 2.53. The average molecular weight is 371 g/mol. The number of allylic oxidation sites excluding steroid dienone is 4. The Labute approximate surface area is 168 Å². The van der Waals surface area contributed by atoms with E-state index in [-0.39, 0.29) is 5.41 Å². The van der Waals surface area contributed by atoms with Crippen LogP contribution in [0.2, 0.25) is 0 Å². The van der Waals surface area contributed by atoms with Gasteiger partial charge < -0.3 is 0 Å². The van der Waals surface area contributed by atoms with Crippen molar-refractivity contribution in [3.63, 3.8) is 0 Å². The maximum Gasteiger partial charge on any atom is 0.155 e. The van der Waals surface area contributed by atoms with E-state index in [9.17, 15) is 4.79 Å². The standard InChI is InChI=1S/C26H42O/c1-7-9-10-18(3)19(4)25(5)16-14-24-22(23(25)8-2)12-11-20-17-21(27)13-15-26(20,24)6/h12,17-19,23-24H,7-11,13-16H2,1-6H3. The fourth-order valence-electron chi connectivity index (χ4n) is 6.96. The van der Waals surface area contributed by atoms with Crippen LogP contribution in [0.25, 0.3) is 0 Å². The number of carbonyl (C=O) groups excluding carboxylic acids is 1. The molecule has 0 radical (unpaired) electrons. The highest BCUT2D eigenvalue weighted by atomic mass is 16.1. The van der Waals surface area contributed by atoms with E-state index in [0.717, 1.165) is 31.1 Å². The average Bonchev–Trinajstić information content (AvgIpc) is 2.65. The monoisotopic (exact) mass is 370 g/mol. The molecule has 0 amide bonds. The summed E-state index contributed by atoms with van der Waals surface area (Å²) < 4.78 is 0. The lowest BCUT2D eigenvalue weighted by atomic mass is 9.47. The van der Waals surface area contributed by atoms with Crippen molar-refractivity contribution in [3.05, 3.63) is 23.3 Å². The SMILES string of the molecule is CCCCC(C)C(C)C1(C)CCC2C(=CCC3=CC(=O)CCC32C)C1CC. The molecular weight excluding hydrogens is 328 g/mol. The molecule has 1 heteroatoms. The molecule has 1 nitrogen and oxygen atoms in total. The van der Waals surface area contributed by atoms with Crippen molar-refractivity contribution < 1.29 is 4.79 Å². The molecule has 0 bridgehead atoms. The van der Waals surface area contributed by atoms with E-state index in [1.807, 2.05) is 6.08 Å². The third-order valence-corrected chi connectivity index (χ3v) is 9.17. The number of hydrogen-bond acceptors (Lipinski definition) is 1. The Balaban J connectivity index is 1.90. The minimum atomic E-state index is 0.240. The number of fused-ring (bicyclic) bond motifs is 3. The lowest BCUT2D eigenvalue weighted by Crippen LogP contribution is -2.48. The largest absolute Gasteiger partial charge is 0.295 e. The van der Waals surface area contributed by atoms with Gasteiger partial charge in [-0.15, -0.1) is 0 Å². The summed E-state index contributed by atoms with van der Waals surface area (Å²) in [6.07, 6.45) is 15.4. The predicted molar refractivity (Wildman–Crippen MR) is 116 cm³/mol. The molecule has 0 saturated heterocycles. The van der Waals surface area contributed by atoms with E-state index in [2.05, 4.69) is 47.6 Å². The maximum absolute atomic E-state index is 12.0. The molecule has 152 valence electrons. The molecular formula is C26H42O. The maximum atomic E-state index is 12.0. The summed E-state index contributed by atoms with van der Waals surface area (Å²) in [5.74, 6) is 3.31. The molecule has 3 rings (SSSR count). The summed E-state index contributed by atoms with van der Waals surface area (Å²) in [5, 5.41) is 0. The Bertz CT molecular complexity index is 626. The highest BCUT2D eigenvalue weighted by molar-refractivity contribution is 5.91. The first-order valence-electron chi connectivity index (χ1n) is 11.7. The fourth-order valence-corrected chi connectivity index (χ4v) is 6.96. The van der Waals surface area contributed by atoms with E-state index in [1.54, 1.807) is 5.57 Å². The van der Waals surface area contributed by atoms with Crippen molar-refractivity contribution in [2.24, 2.45) is 34.5 Å². The van der Waals surface area contributed by atoms with Crippen molar-refractivity contribution >= 4 is 5.78 Å². The van der Waals surface area contributed by atoms with Crippen LogP contribution in [0.3, 0.4) is 0 Å². The zero-order chi connectivity index (χ0) is 19.8. The number of carbonyl (C=O) groups is 1. The van der Waals surface area contributed by atoms with Gasteiger partial charge in [-0.25, -0.2) is 0 Å². The minimum Gasteiger partial charge on any atom is -0.295 e. The first-order valence-corrected chi connectivity index (χ1v) is 11.7.